The number of imidazole rings is 1. The van der Waals surface area contributed by atoms with Crippen molar-refractivity contribution in [1.29, 1.82) is 0 Å². The second-order valence-electron chi connectivity index (χ2n) is 5.62. The van der Waals surface area contributed by atoms with E-state index in [2.05, 4.69) is 0 Å². The zero-order valence-corrected chi connectivity index (χ0v) is 14.2. The molecule has 1 aliphatic heterocycles. The second kappa shape index (κ2) is 5.83. The molecule has 0 unspecified atom stereocenters. The van der Waals surface area contributed by atoms with Crippen LogP contribution in [0.2, 0.25) is 0 Å². The minimum Gasteiger partial charge on any atom is -0.497 e. The lowest BCUT2D eigenvalue weighted by atomic mass is 10.2. The van der Waals surface area contributed by atoms with Crippen LogP contribution in [-0.4, -0.2) is 27.8 Å². The maximum Gasteiger partial charge on any atom is 0.246 e. The van der Waals surface area contributed by atoms with E-state index in [4.69, 9.17) is 9.72 Å². The summed E-state index contributed by atoms with van der Waals surface area (Å²) in [5.41, 5.74) is 2.79. The third kappa shape index (κ3) is 2.32. The zero-order chi connectivity index (χ0) is 16.7. The van der Waals surface area contributed by atoms with Crippen LogP contribution in [0.1, 0.15) is 11.7 Å². The highest BCUT2D eigenvalue weighted by Gasteiger charge is 2.34. The number of carbonyl (C=O) groups is 1. The second-order valence-corrected chi connectivity index (χ2v) is 6.95. The van der Waals surface area contributed by atoms with E-state index >= 15 is 0 Å². The molecule has 0 saturated carbocycles. The topological polar surface area (TPSA) is 44.1 Å². The summed E-state index contributed by atoms with van der Waals surface area (Å²) in [6.45, 7) is 1.94. The molecule has 0 radical (unpaired) electrons. The van der Waals surface area contributed by atoms with Gasteiger partial charge in [-0.25, -0.2) is 4.98 Å². The van der Waals surface area contributed by atoms with E-state index in [-0.39, 0.29) is 11.2 Å². The van der Waals surface area contributed by atoms with Crippen LogP contribution in [0.3, 0.4) is 0 Å². The number of nitrogens with zero attached hydrogens (tertiary/aromatic N) is 2. The van der Waals surface area contributed by atoms with Crippen molar-refractivity contribution in [2.45, 2.75) is 17.2 Å². The lowest BCUT2D eigenvalue weighted by Crippen LogP contribution is -2.15. The van der Waals surface area contributed by atoms with Gasteiger partial charge in [-0.2, -0.15) is 0 Å². The van der Waals surface area contributed by atoms with Crippen LogP contribution in [0, 0.1) is 0 Å². The molecule has 120 valence electrons. The van der Waals surface area contributed by atoms with Gasteiger partial charge >= 0.3 is 0 Å². The third-order valence-electron chi connectivity index (χ3n) is 4.09. The van der Waals surface area contributed by atoms with Crippen molar-refractivity contribution < 1.29 is 9.53 Å². The third-order valence-corrected chi connectivity index (χ3v) is 5.24. The predicted molar refractivity (Wildman–Crippen MR) is 95.6 cm³/mol. The predicted octanol–water partition coefficient (Wildman–Crippen LogP) is 4.36. The molecule has 24 heavy (non-hydrogen) atoms. The smallest absolute Gasteiger partial charge is 0.246 e. The lowest BCUT2D eigenvalue weighted by molar-refractivity contribution is 0.0917. The van der Waals surface area contributed by atoms with Crippen LogP contribution in [0.4, 0.5) is 0 Å². The zero-order valence-electron chi connectivity index (χ0n) is 13.4. The van der Waals surface area contributed by atoms with E-state index in [9.17, 15) is 4.79 Å². The van der Waals surface area contributed by atoms with E-state index in [1.807, 2.05) is 61.5 Å². The molecule has 1 aliphatic rings. The standard InChI is InChI=1S/C19H16N2O2S/c1-12-18(22)21-17(14-8-10-15(23-2)11-9-14)20-16(19(21)24-12)13-6-4-3-5-7-13/h3-12H,1-2H3/t12-/m1/s1. The highest BCUT2D eigenvalue weighted by molar-refractivity contribution is 8.01. The highest BCUT2D eigenvalue weighted by Crippen LogP contribution is 2.42. The van der Waals surface area contributed by atoms with Gasteiger partial charge in [-0.15, -0.1) is 0 Å². The fourth-order valence-corrected chi connectivity index (χ4v) is 3.93. The largest absolute Gasteiger partial charge is 0.497 e. The van der Waals surface area contributed by atoms with Gasteiger partial charge in [0.1, 0.15) is 22.3 Å². The van der Waals surface area contributed by atoms with Crippen LogP contribution in [0.15, 0.2) is 59.6 Å². The molecule has 5 heteroatoms. The Kier molecular flexibility index (Phi) is 3.65. The average molecular weight is 336 g/mol. The Morgan fingerprint density at radius 3 is 2.42 bits per heavy atom. The van der Waals surface area contributed by atoms with Gasteiger partial charge in [0.2, 0.25) is 5.91 Å². The summed E-state index contributed by atoms with van der Waals surface area (Å²) in [6.07, 6.45) is 0. The van der Waals surface area contributed by atoms with E-state index in [0.717, 1.165) is 27.6 Å². The molecule has 0 N–H and O–H groups in total. The van der Waals surface area contributed by atoms with Crippen molar-refractivity contribution in [3.63, 3.8) is 0 Å². The Bertz CT molecular complexity index is 901. The van der Waals surface area contributed by atoms with Crippen LogP contribution < -0.4 is 4.74 Å². The van der Waals surface area contributed by atoms with Crippen molar-refractivity contribution in [1.82, 2.24) is 9.55 Å². The number of hydrogen-bond acceptors (Lipinski definition) is 4. The molecule has 0 amide bonds. The van der Waals surface area contributed by atoms with Crippen molar-refractivity contribution >= 4 is 17.7 Å². The summed E-state index contributed by atoms with van der Waals surface area (Å²) in [5.74, 6) is 1.55. The molecule has 0 bridgehead atoms. The summed E-state index contributed by atoms with van der Waals surface area (Å²) >= 11 is 1.57. The normalized spacial score (nSPS) is 16.2. The molecule has 0 aliphatic carbocycles. The minimum atomic E-state index is -0.0949. The first-order chi connectivity index (χ1) is 11.7. The molecule has 2 heterocycles. The van der Waals surface area contributed by atoms with E-state index in [1.54, 1.807) is 23.4 Å². The van der Waals surface area contributed by atoms with Crippen LogP contribution in [0.5, 0.6) is 5.75 Å². The highest BCUT2D eigenvalue weighted by atomic mass is 32.2. The van der Waals surface area contributed by atoms with Crippen molar-refractivity contribution in [3.05, 3.63) is 54.6 Å². The molecular weight excluding hydrogens is 320 g/mol. The first-order valence-electron chi connectivity index (χ1n) is 7.72. The number of carbonyl (C=O) groups excluding carboxylic acids is 1. The van der Waals surface area contributed by atoms with E-state index < -0.39 is 0 Å². The summed E-state index contributed by atoms with van der Waals surface area (Å²) in [7, 11) is 1.64. The van der Waals surface area contributed by atoms with Gasteiger partial charge in [0, 0.05) is 11.1 Å². The fraction of sp³-hybridized carbons (Fsp3) is 0.158. The molecule has 0 fully saturated rings. The lowest BCUT2D eigenvalue weighted by Gasteiger charge is -2.05. The number of benzene rings is 2. The summed E-state index contributed by atoms with van der Waals surface area (Å²) in [5, 5.41) is 0.826. The number of thioether (sulfide) groups is 1. The van der Waals surface area contributed by atoms with Gasteiger partial charge < -0.3 is 4.74 Å². The quantitative estimate of drug-likeness (QED) is 0.713. The monoisotopic (exact) mass is 336 g/mol. The Hall–Kier alpha value is -2.53. The molecule has 1 aromatic heterocycles. The molecule has 4 rings (SSSR count). The van der Waals surface area contributed by atoms with Crippen LogP contribution in [-0.2, 0) is 0 Å². The van der Waals surface area contributed by atoms with Gasteiger partial charge in [-0.3, -0.25) is 9.36 Å². The van der Waals surface area contributed by atoms with E-state index in [0.29, 0.717) is 5.82 Å². The minimum absolute atomic E-state index is 0.0792. The molecular formula is C19H16N2O2S. The fourth-order valence-electron chi connectivity index (χ4n) is 2.84. The number of hydrogen-bond donors (Lipinski definition) is 0. The summed E-state index contributed by atoms with van der Waals surface area (Å²) < 4.78 is 6.96. The molecule has 1 atom stereocenters. The number of methoxy groups -OCH3 is 1. The van der Waals surface area contributed by atoms with Crippen molar-refractivity contribution in [2.24, 2.45) is 0 Å². The summed E-state index contributed by atoms with van der Waals surface area (Å²) in [4.78, 5) is 17.4. The molecule has 2 aromatic carbocycles. The maximum absolute atomic E-state index is 12.6. The number of rotatable bonds is 3. The Morgan fingerprint density at radius 1 is 1.04 bits per heavy atom. The molecule has 0 spiro atoms. The van der Waals surface area contributed by atoms with Gasteiger partial charge in [0.15, 0.2) is 0 Å². The number of aromatic nitrogens is 2. The first-order valence-corrected chi connectivity index (χ1v) is 8.60. The van der Waals surface area contributed by atoms with Gasteiger partial charge in [0.25, 0.3) is 0 Å². The average Bonchev–Trinajstić information content (AvgIpc) is 3.14. The van der Waals surface area contributed by atoms with Gasteiger partial charge in [0.05, 0.1) is 12.4 Å². The van der Waals surface area contributed by atoms with E-state index in [1.165, 1.54) is 0 Å². The van der Waals surface area contributed by atoms with Gasteiger partial charge in [-0.1, -0.05) is 42.1 Å². The van der Waals surface area contributed by atoms with Crippen LogP contribution in [0.25, 0.3) is 22.6 Å². The first kappa shape index (κ1) is 15.0. The maximum atomic E-state index is 12.6. The van der Waals surface area contributed by atoms with Crippen LogP contribution >= 0.6 is 11.8 Å². The molecule has 4 nitrogen and oxygen atoms in total. The number of ether oxygens (including phenoxy) is 1. The van der Waals surface area contributed by atoms with Crippen molar-refractivity contribution in [3.8, 4) is 28.4 Å². The van der Waals surface area contributed by atoms with Crippen molar-refractivity contribution in [2.75, 3.05) is 7.11 Å². The number of fused-ring (bicyclic) bond motifs is 1. The molecule has 3 aromatic rings. The van der Waals surface area contributed by atoms with Gasteiger partial charge in [-0.05, 0) is 31.2 Å². The Morgan fingerprint density at radius 2 is 1.75 bits per heavy atom. The SMILES string of the molecule is COc1ccc(-c2nc(-c3ccccc3)c3n2C(=O)[C@@H](C)S3)cc1. The summed E-state index contributed by atoms with van der Waals surface area (Å²) in [6, 6.07) is 17.6. The Labute approximate surface area is 144 Å². The molecule has 0 saturated heterocycles. The Balaban J connectivity index is 1.90.